The maximum absolute atomic E-state index is 4.66. The summed E-state index contributed by atoms with van der Waals surface area (Å²) in [5, 5.41) is 4.47. The molecule has 0 radical (unpaired) electrons. The Morgan fingerprint density at radius 1 is 1.36 bits per heavy atom. The van der Waals surface area contributed by atoms with E-state index in [-0.39, 0.29) is 0 Å². The summed E-state index contributed by atoms with van der Waals surface area (Å²) >= 11 is 0. The van der Waals surface area contributed by atoms with Gasteiger partial charge in [0, 0.05) is 54.8 Å². The van der Waals surface area contributed by atoms with Crippen molar-refractivity contribution in [3.63, 3.8) is 0 Å². The molecule has 2 bridgehead atoms. The Kier molecular flexibility index (Phi) is 3.11. The molecule has 0 unspecified atom stereocenters. The van der Waals surface area contributed by atoms with Crippen molar-refractivity contribution in [1.82, 2.24) is 24.6 Å². The van der Waals surface area contributed by atoms with Gasteiger partial charge in [0.1, 0.15) is 5.82 Å². The molecule has 1 fully saturated rings. The maximum Gasteiger partial charge on any atom is 0.125 e. The lowest BCUT2D eigenvalue weighted by molar-refractivity contribution is 0.165. The second-order valence-corrected chi connectivity index (χ2v) is 6.35. The van der Waals surface area contributed by atoms with Crippen molar-refractivity contribution in [3.8, 4) is 0 Å². The van der Waals surface area contributed by atoms with Crippen LogP contribution in [0.1, 0.15) is 47.2 Å². The van der Waals surface area contributed by atoms with Crippen molar-refractivity contribution in [1.29, 1.82) is 0 Å². The quantitative estimate of drug-likeness (QED) is 0.873. The lowest BCUT2D eigenvalue weighted by Gasteiger charge is -2.35. The molecule has 0 amide bonds. The summed E-state index contributed by atoms with van der Waals surface area (Å²) in [7, 11) is 0. The Morgan fingerprint density at radius 3 is 3.00 bits per heavy atom. The third kappa shape index (κ3) is 2.08. The van der Waals surface area contributed by atoms with E-state index in [0.29, 0.717) is 12.1 Å². The van der Waals surface area contributed by atoms with E-state index in [9.17, 15) is 0 Å². The molecule has 5 nitrogen and oxygen atoms in total. The first-order valence-electron chi connectivity index (χ1n) is 7.91. The molecule has 2 aromatic heterocycles. The first kappa shape index (κ1) is 13.6. The minimum Gasteiger partial charge on any atom is -0.288 e. The molecule has 1 saturated heterocycles. The predicted molar refractivity (Wildman–Crippen MR) is 85.1 cm³/mol. The van der Waals surface area contributed by atoms with Crippen molar-refractivity contribution in [3.05, 3.63) is 47.3 Å². The number of aryl methyl sites for hydroxylation is 2. The molecule has 2 aromatic rings. The zero-order valence-electron chi connectivity index (χ0n) is 13.2. The van der Waals surface area contributed by atoms with E-state index in [0.717, 1.165) is 24.5 Å². The molecule has 5 heteroatoms. The van der Waals surface area contributed by atoms with E-state index in [4.69, 9.17) is 0 Å². The number of nitrogens with zero attached hydrogens (tertiary/aromatic N) is 5. The molecule has 2 atom stereocenters. The number of fused-ring (bicyclic) bond motifs is 4. The van der Waals surface area contributed by atoms with Crippen LogP contribution in [0.15, 0.2) is 19.0 Å². The lowest BCUT2D eigenvalue weighted by atomic mass is 9.98. The minimum absolute atomic E-state index is 0.459. The van der Waals surface area contributed by atoms with Gasteiger partial charge in [0.05, 0.1) is 11.4 Å². The topological polar surface area (TPSA) is 46.8 Å². The molecule has 4 rings (SSSR count). The Hall–Kier alpha value is -2.01. The highest BCUT2D eigenvalue weighted by Crippen LogP contribution is 2.43. The van der Waals surface area contributed by atoms with Gasteiger partial charge in [-0.25, -0.2) is 14.6 Å². The van der Waals surface area contributed by atoms with Gasteiger partial charge in [-0.05, 0) is 26.7 Å². The van der Waals surface area contributed by atoms with Crippen LogP contribution in [0.5, 0.6) is 0 Å². The molecule has 4 heterocycles. The van der Waals surface area contributed by atoms with Gasteiger partial charge in [-0.1, -0.05) is 6.58 Å². The summed E-state index contributed by atoms with van der Waals surface area (Å²) in [6.07, 6.45) is 9.37. The van der Waals surface area contributed by atoms with Crippen molar-refractivity contribution in [2.45, 2.75) is 51.7 Å². The highest BCUT2D eigenvalue weighted by atomic mass is 15.3. The van der Waals surface area contributed by atoms with Crippen molar-refractivity contribution >= 4 is 6.20 Å². The van der Waals surface area contributed by atoms with Crippen LogP contribution in [0, 0.1) is 13.8 Å². The standard InChI is InChI=1S/C17H21N5/c1-4-21-9-13(11(2)20-21)10-22-14-5-6-17(22)15-8-18-12(3)19-16(15)7-14/h4,8-9,14,17H,1,5-7,10H2,2-3H3/t14-,17-/m1/s1. The molecule has 0 aromatic carbocycles. The van der Waals surface area contributed by atoms with Crippen molar-refractivity contribution in [2.75, 3.05) is 0 Å². The Labute approximate surface area is 130 Å². The average Bonchev–Trinajstić information content (AvgIpc) is 2.99. The summed E-state index contributed by atoms with van der Waals surface area (Å²) in [4.78, 5) is 11.7. The van der Waals surface area contributed by atoms with Crippen LogP contribution >= 0.6 is 0 Å². The largest absolute Gasteiger partial charge is 0.288 e. The molecular weight excluding hydrogens is 274 g/mol. The van der Waals surface area contributed by atoms with Crippen LogP contribution in [0.3, 0.4) is 0 Å². The summed E-state index contributed by atoms with van der Waals surface area (Å²) in [5.41, 5.74) is 4.96. The van der Waals surface area contributed by atoms with E-state index in [1.165, 1.54) is 29.7 Å². The normalized spacial score (nSPS) is 23.5. The summed E-state index contributed by atoms with van der Waals surface area (Å²) in [6.45, 7) is 8.77. The van der Waals surface area contributed by atoms with E-state index in [2.05, 4.69) is 39.7 Å². The molecule has 114 valence electrons. The molecule has 22 heavy (non-hydrogen) atoms. The number of rotatable bonds is 3. The number of hydrogen-bond donors (Lipinski definition) is 0. The zero-order chi connectivity index (χ0) is 15.3. The van der Waals surface area contributed by atoms with Gasteiger partial charge in [0.2, 0.25) is 0 Å². The van der Waals surface area contributed by atoms with Gasteiger partial charge in [-0.2, -0.15) is 5.10 Å². The SMILES string of the molecule is C=Cn1cc(CN2[C@@H]3CC[C@@H]2c2cnc(C)nc2C3)c(C)n1. The highest BCUT2D eigenvalue weighted by Gasteiger charge is 2.40. The van der Waals surface area contributed by atoms with E-state index in [1.807, 2.05) is 13.1 Å². The molecule has 2 aliphatic heterocycles. The predicted octanol–water partition coefficient (Wildman–Crippen LogP) is 2.65. The lowest BCUT2D eigenvalue weighted by Crippen LogP contribution is -2.37. The van der Waals surface area contributed by atoms with Gasteiger partial charge in [-0.15, -0.1) is 0 Å². The van der Waals surface area contributed by atoms with Crippen LogP contribution < -0.4 is 0 Å². The monoisotopic (exact) mass is 295 g/mol. The summed E-state index contributed by atoms with van der Waals surface area (Å²) in [5.74, 6) is 0.884. The molecule has 0 spiro atoms. The Balaban J connectivity index is 1.65. The highest BCUT2D eigenvalue weighted by molar-refractivity contribution is 5.30. The number of hydrogen-bond acceptors (Lipinski definition) is 4. The van der Waals surface area contributed by atoms with Crippen LogP contribution in [0.2, 0.25) is 0 Å². The Morgan fingerprint density at radius 2 is 2.23 bits per heavy atom. The van der Waals surface area contributed by atoms with Crippen molar-refractivity contribution < 1.29 is 0 Å². The van der Waals surface area contributed by atoms with Gasteiger partial charge < -0.3 is 0 Å². The van der Waals surface area contributed by atoms with E-state index < -0.39 is 0 Å². The van der Waals surface area contributed by atoms with Gasteiger partial charge in [0.25, 0.3) is 0 Å². The fraction of sp³-hybridized carbons (Fsp3) is 0.471. The fourth-order valence-corrected chi connectivity index (χ4v) is 3.89. The summed E-state index contributed by atoms with van der Waals surface area (Å²) in [6, 6.07) is 1.05. The minimum atomic E-state index is 0.459. The average molecular weight is 295 g/mol. The molecule has 0 saturated carbocycles. The van der Waals surface area contributed by atoms with Crippen LogP contribution in [-0.4, -0.2) is 30.7 Å². The third-order valence-corrected chi connectivity index (χ3v) is 5.01. The van der Waals surface area contributed by atoms with Gasteiger partial charge in [-0.3, -0.25) is 4.90 Å². The van der Waals surface area contributed by atoms with Crippen molar-refractivity contribution in [2.24, 2.45) is 0 Å². The zero-order valence-corrected chi connectivity index (χ0v) is 13.2. The second kappa shape index (κ2) is 5.02. The van der Waals surface area contributed by atoms with Gasteiger partial charge in [0.15, 0.2) is 0 Å². The van der Waals surface area contributed by atoms with Crippen LogP contribution in [-0.2, 0) is 13.0 Å². The van der Waals surface area contributed by atoms with Gasteiger partial charge >= 0.3 is 0 Å². The Bertz CT molecular complexity index is 733. The first-order chi connectivity index (χ1) is 10.7. The van der Waals surface area contributed by atoms with Crippen LogP contribution in [0.4, 0.5) is 0 Å². The summed E-state index contributed by atoms with van der Waals surface area (Å²) < 4.78 is 1.80. The second-order valence-electron chi connectivity index (χ2n) is 6.35. The van der Waals surface area contributed by atoms with E-state index in [1.54, 1.807) is 10.9 Å². The number of aromatic nitrogens is 4. The molecular formula is C17H21N5. The smallest absolute Gasteiger partial charge is 0.125 e. The fourth-order valence-electron chi connectivity index (χ4n) is 3.89. The first-order valence-corrected chi connectivity index (χ1v) is 7.91. The molecule has 0 N–H and O–H groups in total. The molecule has 0 aliphatic carbocycles. The maximum atomic E-state index is 4.66. The molecule has 2 aliphatic rings. The van der Waals surface area contributed by atoms with Crippen LogP contribution in [0.25, 0.3) is 6.20 Å². The third-order valence-electron chi connectivity index (χ3n) is 5.01. The van der Waals surface area contributed by atoms with E-state index >= 15 is 0 Å².